The number of carbonyl (C=O) groups excluding carboxylic acids is 2. The number of hydrogen-bond donors (Lipinski definition) is 1. The molecule has 1 rings (SSSR count). The second kappa shape index (κ2) is 8.95. The fourth-order valence-corrected chi connectivity index (χ4v) is 2.54. The topological polar surface area (TPSA) is 52.7 Å². The Hall–Kier alpha value is -1.10. The van der Waals surface area contributed by atoms with Gasteiger partial charge in [0.2, 0.25) is 11.8 Å². The first-order chi connectivity index (χ1) is 9.57. The molecule has 1 fully saturated rings. The summed E-state index contributed by atoms with van der Waals surface area (Å²) in [6, 6.07) is -0.332. The van der Waals surface area contributed by atoms with Crippen molar-refractivity contribution in [1.29, 1.82) is 0 Å². The molecule has 0 saturated carbocycles. The smallest absolute Gasteiger partial charge is 0.246 e. The maximum absolute atomic E-state index is 12.3. The molecule has 2 amide bonds. The molecule has 1 atom stereocenters. The highest BCUT2D eigenvalue weighted by atomic mass is 16.2. The molecule has 1 heterocycles. The SMILES string of the molecule is CCCCCCCC(=O)N1CCNCC1C(=O)N(C)C. The number of amides is 2. The highest BCUT2D eigenvalue weighted by Crippen LogP contribution is 2.12. The highest BCUT2D eigenvalue weighted by molar-refractivity contribution is 5.87. The van der Waals surface area contributed by atoms with Gasteiger partial charge in [0.1, 0.15) is 6.04 Å². The molecule has 1 N–H and O–H groups in total. The molecular formula is C15H29N3O2. The lowest BCUT2D eigenvalue weighted by Crippen LogP contribution is -2.59. The van der Waals surface area contributed by atoms with Gasteiger partial charge >= 0.3 is 0 Å². The Labute approximate surface area is 122 Å². The van der Waals surface area contributed by atoms with Crippen LogP contribution in [0.25, 0.3) is 0 Å². The summed E-state index contributed by atoms with van der Waals surface area (Å²) in [5.74, 6) is 0.139. The van der Waals surface area contributed by atoms with Crippen molar-refractivity contribution < 1.29 is 9.59 Å². The van der Waals surface area contributed by atoms with Crippen molar-refractivity contribution in [3.8, 4) is 0 Å². The summed E-state index contributed by atoms with van der Waals surface area (Å²) < 4.78 is 0. The van der Waals surface area contributed by atoms with E-state index < -0.39 is 0 Å². The van der Waals surface area contributed by atoms with E-state index in [4.69, 9.17) is 0 Å². The largest absolute Gasteiger partial charge is 0.347 e. The van der Waals surface area contributed by atoms with Crippen LogP contribution in [0.4, 0.5) is 0 Å². The van der Waals surface area contributed by atoms with Crippen LogP contribution in [0.15, 0.2) is 0 Å². The molecule has 0 aliphatic carbocycles. The average Bonchev–Trinajstić information content (AvgIpc) is 2.46. The van der Waals surface area contributed by atoms with E-state index >= 15 is 0 Å². The lowest BCUT2D eigenvalue weighted by Gasteiger charge is -2.36. The molecule has 5 nitrogen and oxygen atoms in total. The van der Waals surface area contributed by atoms with Crippen LogP contribution in [-0.4, -0.2) is 61.4 Å². The van der Waals surface area contributed by atoms with Gasteiger partial charge in [0.15, 0.2) is 0 Å². The first-order valence-corrected chi connectivity index (χ1v) is 7.79. The third kappa shape index (κ3) is 5.12. The van der Waals surface area contributed by atoms with Crippen LogP contribution in [0.1, 0.15) is 45.4 Å². The summed E-state index contributed by atoms with van der Waals surface area (Å²) in [7, 11) is 3.48. The summed E-state index contributed by atoms with van der Waals surface area (Å²) in [5, 5.41) is 3.20. The Morgan fingerprint density at radius 2 is 1.90 bits per heavy atom. The molecule has 20 heavy (non-hydrogen) atoms. The number of piperazine rings is 1. The molecule has 116 valence electrons. The predicted octanol–water partition coefficient (Wildman–Crippen LogP) is 1.24. The zero-order valence-electron chi connectivity index (χ0n) is 13.2. The summed E-state index contributed by atoms with van der Waals surface area (Å²) >= 11 is 0. The molecule has 1 aliphatic rings. The fraction of sp³-hybridized carbons (Fsp3) is 0.867. The monoisotopic (exact) mass is 283 g/mol. The first kappa shape index (κ1) is 17.0. The van der Waals surface area contributed by atoms with Crippen LogP contribution >= 0.6 is 0 Å². The molecular weight excluding hydrogens is 254 g/mol. The number of carbonyl (C=O) groups is 2. The van der Waals surface area contributed by atoms with Crippen LogP contribution in [-0.2, 0) is 9.59 Å². The van der Waals surface area contributed by atoms with Gasteiger partial charge in [0, 0.05) is 40.2 Å². The van der Waals surface area contributed by atoms with Gasteiger partial charge < -0.3 is 15.1 Å². The predicted molar refractivity (Wildman–Crippen MR) is 80.4 cm³/mol. The van der Waals surface area contributed by atoms with Gasteiger partial charge in [0.05, 0.1) is 0 Å². The van der Waals surface area contributed by atoms with Crippen molar-refractivity contribution in [3.05, 3.63) is 0 Å². The van der Waals surface area contributed by atoms with Gasteiger partial charge in [-0.2, -0.15) is 0 Å². The Balaban J connectivity index is 2.44. The zero-order valence-corrected chi connectivity index (χ0v) is 13.2. The number of unbranched alkanes of at least 4 members (excludes halogenated alkanes) is 4. The standard InChI is InChI=1S/C15H29N3O2/c1-4-5-6-7-8-9-14(19)18-11-10-16-12-13(18)15(20)17(2)3/h13,16H,4-12H2,1-3H3. The second-order valence-electron chi connectivity index (χ2n) is 5.70. The minimum Gasteiger partial charge on any atom is -0.347 e. The summed E-state index contributed by atoms with van der Waals surface area (Å²) in [5.41, 5.74) is 0. The molecule has 1 unspecified atom stereocenters. The van der Waals surface area contributed by atoms with E-state index in [9.17, 15) is 9.59 Å². The number of hydrogen-bond acceptors (Lipinski definition) is 3. The van der Waals surface area contributed by atoms with Crippen LogP contribution < -0.4 is 5.32 Å². The first-order valence-electron chi connectivity index (χ1n) is 7.79. The molecule has 0 radical (unpaired) electrons. The molecule has 0 bridgehead atoms. The maximum atomic E-state index is 12.3. The minimum absolute atomic E-state index is 0.0107. The van der Waals surface area contributed by atoms with Crippen molar-refractivity contribution in [2.24, 2.45) is 0 Å². The van der Waals surface area contributed by atoms with E-state index in [0.717, 1.165) is 19.4 Å². The van der Waals surface area contributed by atoms with Gasteiger partial charge in [-0.05, 0) is 6.42 Å². The van der Waals surface area contributed by atoms with Crippen LogP contribution in [0.2, 0.25) is 0 Å². The molecule has 5 heteroatoms. The van der Waals surface area contributed by atoms with Crippen molar-refractivity contribution in [3.63, 3.8) is 0 Å². The third-order valence-electron chi connectivity index (χ3n) is 3.78. The Bertz CT molecular complexity index is 318. The quantitative estimate of drug-likeness (QED) is 0.715. The molecule has 0 spiro atoms. The van der Waals surface area contributed by atoms with Crippen molar-refractivity contribution >= 4 is 11.8 Å². The van der Waals surface area contributed by atoms with Gasteiger partial charge in [-0.1, -0.05) is 32.6 Å². The van der Waals surface area contributed by atoms with E-state index in [-0.39, 0.29) is 17.9 Å². The molecule has 0 aromatic carbocycles. The summed E-state index contributed by atoms with van der Waals surface area (Å²) in [4.78, 5) is 27.7. The number of nitrogens with zero attached hydrogens (tertiary/aromatic N) is 2. The van der Waals surface area contributed by atoms with Gasteiger partial charge in [-0.25, -0.2) is 0 Å². The Morgan fingerprint density at radius 3 is 2.55 bits per heavy atom. The van der Waals surface area contributed by atoms with E-state index in [0.29, 0.717) is 19.5 Å². The number of nitrogens with one attached hydrogen (secondary N) is 1. The zero-order chi connectivity index (χ0) is 15.0. The molecule has 1 saturated heterocycles. The van der Waals surface area contributed by atoms with Gasteiger partial charge in [0.25, 0.3) is 0 Å². The van der Waals surface area contributed by atoms with E-state index in [1.54, 1.807) is 23.9 Å². The average molecular weight is 283 g/mol. The highest BCUT2D eigenvalue weighted by Gasteiger charge is 2.32. The van der Waals surface area contributed by atoms with Gasteiger partial charge in [-0.15, -0.1) is 0 Å². The molecule has 0 aromatic heterocycles. The number of likely N-dealkylation sites (N-methyl/N-ethyl adjacent to an activating group) is 1. The van der Waals surface area contributed by atoms with Crippen molar-refractivity contribution in [1.82, 2.24) is 15.1 Å². The molecule has 0 aromatic rings. The van der Waals surface area contributed by atoms with E-state index in [2.05, 4.69) is 12.2 Å². The van der Waals surface area contributed by atoms with E-state index in [1.807, 2.05) is 0 Å². The minimum atomic E-state index is -0.332. The third-order valence-corrected chi connectivity index (χ3v) is 3.78. The maximum Gasteiger partial charge on any atom is 0.246 e. The van der Waals surface area contributed by atoms with Crippen molar-refractivity contribution in [2.45, 2.75) is 51.5 Å². The van der Waals surface area contributed by atoms with Crippen LogP contribution in [0, 0.1) is 0 Å². The normalized spacial score (nSPS) is 18.9. The number of rotatable bonds is 7. The lowest BCUT2D eigenvalue weighted by atomic mass is 10.1. The fourth-order valence-electron chi connectivity index (χ4n) is 2.54. The van der Waals surface area contributed by atoms with Crippen molar-refractivity contribution in [2.75, 3.05) is 33.7 Å². The lowest BCUT2D eigenvalue weighted by molar-refractivity contribution is -0.145. The Kier molecular flexibility index (Phi) is 7.59. The van der Waals surface area contributed by atoms with Crippen LogP contribution in [0.3, 0.4) is 0 Å². The Morgan fingerprint density at radius 1 is 1.20 bits per heavy atom. The van der Waals surface area contributed by atoms with E-state index in [1.165, 1.54) is 19.3 Å². The summed E-state index contributed by atoms with van der Waals surface area (Å²) in [6.45, 7) is 4.17. The van der Waals surface area contributed by atoms with Crippen LogP contribution in [0.5, 0.6) is 0 Å². The summed E-state index contributed by atoms with van der Waals surface area (Å²) in [6.07, 6.45) is 6.27. The molecule has 1 aliphatic heterocycles. The second-order valence-corrected chi connectivity index (χ2v) is 5.70. The van der Waals surface area contributed by atoms with Gasteiger partial charge in [-0.3, -0.25) is 9.59 Å².